The second-order valence-corrected chi connectivity index (χ2v) is 6.79. The normalized spacial score (nSPS) is 15.2. The summed E-state index contributed by atoms with van der Waals surface area (Å²) < 4.78 is 1.65. The van der Waals surface area contributed by atoms with Crippen molar-refractivity contribution in [3.8, 4) is 0 Å². The monoisotopic (exact) mass is 356 g/mol. The summed E-state index contributed by atoms with van der Waals surface area (Å²) in [6, 6.07) is 7.78. The zero-order chi connectivity index (χ0) is 18.7. The Labute approximate surface area is 155 Å². The van der Waals surface area contributed by atoms with Gasteiger partial charge in [0.05, 0.1) is 5.69 Å². The summed E-state index contributed by atoms with van der Waals surface area (Å²) in [5.41, 5.74) is 3.95. The van der Waals surface area contributed by atoms with Crippen molar-refractivity contribution >= 4 is 23.2 Å². The standard InChI is InChI=1S/C19H28N6O/c1-5-24-8-10-25(11-9-24)16-6-7-17(14(2)12-16)20-19(26)21-18-13-15(3)22-23(18)4/h6-7,12-13H,5,8-11H2,1-4H3,(H2,20,21,26). The first-order chi connectivity index (χ1) is 12.5. The second-order valence-electron chi connectivity index (χ2n) is 6.79. The SMILES string of the molecule is CCN1CCN(c2ccc(NC(=O)Nc3cc(C)nn3C)c(C)c2)CC1. The number of aryl methyl sites for hydroxylation is 3. The van der Waals surface area contributed by atoms with E-state index >= 15 is 0 Å². The molecule has 1 saturated heterocycles. The van der Waals surface area contributed by atoms with Crippen molar-refractivity contribution in [1.82, 2.24) is 14.7 Å². The van der Waals surface area contributed by atoms with Gasteiger partial charge >= 0.3 is 6.03 Å². The molecule has 140 valence electrons. The lowest BCUT2D eigenvalue weighted by Gasteiger charge is -2.35. The third-order valence-electron chi connectivity index (χ3n) is 4.89. The Balaban J connectivity index is 1.62. The van der Waals surface area contributed by atoms with Gasteiger partial charge in [-0.05, 0) is 44.2 Å². The maximum atomic E-state index is 12.3. The molecule has 2 amide bonds. The van der Waals surface area contributed by atoms with Gasteiger partial charge in [0.2, 0.25) is 0 Å². The van der Waals surface area contributed by atoms with Crippen LogP contribution < -0.4 is 15.5 Å². The molecule has 0 unspecified atom stereocenters. The molecule has 2 aromatic rings. The largest absolute Gasteiger partial charge is 0.369 e. The lowest BCUT2D eigenvalue weighted by Crippen LogP contribution is -2.46. The number of carbonyl (C=O) groups is 1. The van der Waals surface area contributed by atoms with Crippen LogP contribution in [0.4, 0.5) is 22.0 Å². The van der Waals surface area contributed by atoms with E-state index < -0.39 is 0 Å². The number of hydrogen-bond acceptors (Lipinski definition) is 4. The summed E-state index contributed by atoms with van der Waals surface area (Å²) >= 11 is 0. The van der Waals surface area contributed by atoms with Crippen LogP contribution in [-0.4, -0.2) is 53.4 Å². The zero-order valence-corrected chi connectivity index (χ0v) is 16.0. The fourth-order valence-corrected chi connectivity index (χ4v) is 3.30. The van der Waals surface area contributed by atoms with Gasteiger partial charge in [-0.1, -0.05) is 6.92 Å². The molecule has 2 N–H and O–H groups in total. The molecule has 1 aromatic carbocycles. The molecule has 0 aliphatic carbocycles. The summed E-state index contributed by atoms with van der Waals surface area (Å²) in [7, 11) is 1.81. The van der Waals surface area contributed by atoms with Crippen LogP contribution in [0.15, 0.2) is 24.3 Å². The minimum absolute atomic E-state index is 0.264. The molecular weight excluding hydrogens is 328 g/mol. The number of nitrogens with zero attached hydrogens (tertiary/aromatic N) is 4. The number of benzene rings is 1. The average Bonchev–Trinajstić information content (AvgIpc) is 2.94. The molecule has 0 atom stereocenters. The summed E-state index contributed by atoms with van der Waals surface area (Å²) in [4.78, 5) is 17.1. The predicted octanol–water partition coefficient (Wildman–Crippen LogP) is 2.82. The maximum absolute atomic E-state index is 12.3. The molecular formula is C19H28N6O. The highest BCUT2D eigenvalue weighted by Crippen LogP contribution is 2.24. The topological polar surface area (TPSA) is 65.4 Å². The molecule has 26 heavy (non-hydrogen) atoms. The highest BCUT2D eigenvalue weighted by molar-refractivity contribution is 5.99. The number of hydrogen-bond donors (Lipinski definition) is 2. The highest BCUT2D eigenvalue weighted by Gasteiger charge is 2.16. The van der Waals surface area contributed by atoms with Crippen molar-refractivity contribution in [2.24, 2.45) is 7.05 Å². The summed E-state index contributed by atoms with van der Waals surface area (Å²) in [6.07, 6.45) is 0. The van der Waals surface area contributed by atoms with Crippen LogP contribution in [0.2, 0.25) is 0 Å². The second kappa shape index (κ2) is 7.78. The third-order valence-corrected chi connectivity index (χ3v) is 4.89. The van der Waals surface area contributed by atoms with Crippen molar-refractivity contribution in [2.45, 2.75) is 20.8 Å². The van der Waals surface area contributed by atoms with Crippen LogP contribution in [0, 0.1) is 13.8 Å². The van der Waals surface area contributed by atoms with Gasteiger partial charge in [0.15, 0.2) is 0 Å². The Morgan fingerprint density at radius 3 is 2.42 bits per heavy atom. The lowest BCUT2D eigenvalue weighted by atomic mass is 10.1. The number of anilines is 3. The van der Waals surface area contributed by atoms with Gasteiger partial charge in [-0.3, -0.25) is 10.00 Å². The molecule has 0 radical (unpaired) electrons. The number of carbonyl (C=O) groups excluding carboxylic acids is 1. The molecule has 0 bridgehead atoms. The summed E-state index contributed by atoms with van der Waals surface area (Å²) in [6.45, 7) is 11.5. The Kier molecular flexibility index (Phi) is 5.46. The van der Waals surface area contributed by atoms with E-state index in [4.69, 9.17) is 0 Å². The van der Waals surface area contributed by atoms with Gasteiger partial charge in [0, 0.05) is 50.7 Å². The van der Waals surface area contributed by atoms with Gasteiger partial charge in [-0.15, -0.1) is 0 Å². The van der Waals surface area contributed by atoms with Crippen LogP contribution in [0.3, 0.4) is 0 Å². The maximum Gasteiger partial charge on any atom is 0.324 e. The van der Waals surface area contributed by atoms with E-state index in [1.54, 1.807) is 11.7 Å². The highest BCUT2D eigenvalue weighted by atomic mass is 16.2. The fraction of sp³-hybridized carbons (Fsp3) is 0.474. The Morgan fingerprint density at radius 1 is 1.12 bits per heavy atom. The van der Waals surface area contributed by atoms with E-state index in [2.05, 4.69) is 44.6 Å². The third kappa shape index (κ3) is 4.16. The van der Waals surface area contributed by atoms with E-state index in [0.717, 1.165) is 49.7 Å². The Hall–Kier alpha value is -2.54. The Morgan fingerprint density at radius 2 is 1.85 bits per heavy atom. The van der Waals surface area contributed by atoms with Crippen molar-refractivity contribution in [3.05, 3.63) is 35.5 Å². The van der Waals surface area contributed by atoms with Crippen LogP contribution in [0.5, 0.6) is 0 Å². The minimum atomic E-state index is -0.264. The molecule has 7 heteroatoms. The first-order valence-corrected chi connectivity index (χ1v) is 9.13. The quantitative estimate of drug-likeness (QED) is 0.884. The molecule has 1 fully saturated rings. The number of likely N-dealkylation sites (N-methyl/N-ethyl adjacent to an activating group) is 1. The predicted molar refractivity (Wildman–Crippen MR) is 106 cm³/mol. The Bertz CT molecular complexity index is 776. The van der Waals surface area contributed by atoms with E-state index in [1.807, 2.05) is 26.0 Å². The van der Waals surface area contributed by atoms with Gasteiger partial charge in [0.1, 0.15) is 5.82 Å². The molecule has 1 aliphatic heterocycles. The number of aromatic nitrogens is 2. The van der Waals surface area contributed by atoms with Gasteiger partial charge < -0.3 is 15.1 Å². The smallest absolute Gasteiger partial charge is 0.324 e. The molecule has 3 rings (SSSR count). The van der Waals surface area contributed by atoms with Crippen LogP contribution in [0.1, 0.15) is 18.2 Å². The van der Waals surface area contributed by atoms with Crippen molar-refractivity contribution in [1.29, 1.82) is 0 Å². The lowest BCUT2D eigenvalue weighted by molar-refractivity contribution is 0.262. The summed E-state index contributed by atoms with van der Waals surface area (Å²) in [5, 5.41) is 9.98. The number of nitrogens with one attached hydrogen (secondary N) is 2. The summed E-state index contributed by atoms with van der Waals surface area (Å²) in [5.74, 6) is 0.670. The number of rotatable bonds is 4. The van der Waals surface area contributed by atoms with Crippen LogP contribution >= 0.6 is 0 Å². The van der Waals surface area contributed by atoms with Gasteiger partial charge in [0.25, 0.3) is 0 Å². The fourth-order valence-electron chi connectivity index (χ4n) is 3.30. The first kappa shape index (κ1) is 18.3. The molecule has 7 nitrogen and oxygen atoms in total. The number of amides is 2. The molecule has 1 aliphatic rings. The minimum Gasteiger partial charge on any atom is -0.369 e. The van der Waals surface area contributed by atoms with Gasteiger partial charge in [-0.2, -0.15) is 5.10 Å². The average molecular weight is 356 g/mol. The van der Waals surface area contributed by atoms with E-state index in [0.29, 0.717) is 5.82 Å². The molecule has 1 aromatic heterocycles. The molecule has 2 heterocycles. The van der Waals surface area contributed by atoms with Crippen molar-refractivity contribution in [3.63, 3.8) is 0 Å². The van der Waals surface area contributed by atoms with E-state index in [9.17, 15) is 4.79 Å². The molecule has 0 saturated carbocycles. The number of piperazine rings is 1. The first-order valence-electron chi connectivity index (χ1n) is 9.13. The van der Waals surface area contributed by atoms with E-state index in [1.165, 1.54) is 5.69 Å². The van der Waals surface area contributed by atoms with E-state index in [-0.39, 0.29) is 6.03 Å². The van der Waals surface area contributed by atoms with Crippen molar-refractivity contribution in [2.75, 3.05) is 48.3 Å². The van der Waals surface area contributed by atoms with Crippen LogP contribution in [0.25, 0.3) is 0 Å². The molecule has 0 spiro atoms. The number of urea groups is 1. The van der Waals surface area contributed by atoms with Gasteiger partial charge in [-0.25, -0.2) is 4.79 Å². The van der Waals surface area contributed by atoms with Crippen molar-refractivity contribution < 1.29 is 4.79 Å². The van der Waals surface area contributed by atoms with Crippen LogP contribution in [-0.2, 0) is 7.05 Å². The zero-order valence-electron chi connectivity index (χ0n) is 16.0.